The van der Waals surface area contributed by atoms with Crippen LogP contribution in [-0.2, 0) is 4.79 Å². The van der Waals surface area contributed by atoms with E-state index in [0.717, 1.165) is 21.8 Å². The second-order valence-electron chi connectivity index (χ2n) is 6.54. The fraction of sp³-hybridized carbons (Fsp3) is 0.238. The molecule has 0 spiro atoms. The van der Waals surface area contributed by atoms with Gasteiger partial charge in [0.05, 0.1) is 18.2 Å². The Kier molecular flexibility index (Phi) is 5.44. The minimum Gasteiger partial charge on any atom is -0.493 e. The molecule has 0 bridgehead atoms. The summed E-state index contributed by atoms with van der Waals surface area (Å²) < 4.78 is 34.6. The van der Waals surface area contributed by atoms with Gasteiger partial charge in [0.25, 0.3) is 0 Å². The Morgan fingerprint density at radius 3 is 2.76 bits per heavy atom. The van der Waals surface area contributed by atoms with Crippen LogP contribution < -0.4 is 14.8 Å². The lowest BCUT2D eigenvalue weighted by Gasteiger charge is -2.24. The minimum absolute atomic E-state index is 0.0864. The lowest BCUT2D eigenvalue weighted by Crippen LogP contribution is -2.26. The average Bonchev–Trinajstić information content (AvgIpc) is 3.07. The van der Waals surface area contributed by atoms with Crippen LogP contribution in [0.4, 0.5) is 13.9 Å². The number of anilines is 1. The van der Waals surface area contributed by atoms with E-state index >= 15 is 0 Å². The van der Waals surface area contributed by atoms with Crippen LogP contribution in [0.15, 0.2) is 48.5 Å². The molecular weight excluding hydrogens is 398 g/mol. The zero-order valence-electron chi connectivity index (χ0n) is 15.5. The fourth-order valence-electron chi connectivity index (χ4n) is 3.32. The number of carbonyl (C=O) groups is 1. The molecule has 0 radical (unpaired) electrons. The third-order valence-corrected chi connectivity index (χ3v) is 5.54. The molecule has 2 aromatic carbocycles. The molecule has 0 saturated carbocycles. The van der Waals surface area contributed by atoms with Crippen molar-refractivity contribution in [3.63, 3.8) is 0 Å². The molecular formula is C21H18F2N2O3S. The highest BCUT2D eigenvalue weighted by Gasteiger charge is 2.28. The highest BCUT2D eigenvalue weighted by atomic mass is 32.1. The van der Waals surface area contributed by atoms with Crippen molar-refractivity contribution in [2.75, 3.05) is 11.9 Å². The smallest absolute Gasteiger partial charge is 0.387 e. The van der Waals surface area contributed by atoms with Gasteiger partial charge in [0.2, 0.25) is 5.91 Å². The van der Waals surface area contributed by atoms with Gasteiger partial charge in [-0.3, -0.25) is 4.79 Å². The van der Waals surface area contributed by atoms with Crippen molar-refractivity contribution in [1.29, 1.82) is 0 Å². The van der Waals surface area contributed by atoms with Crippen molar-refractivity contribution in [2.24, 2.45) is 0 Å². The maximum absolute atomic E-state index is 12.8. The lowest BCUT2D eigenvalue weighted by atomic mass is 9.92. The van der Waals surface area contributed by atoms with Crippen molar-refractivity contribution in [1.82, 2.24) is 4.98 Å². The monoisotopic (exact) mass is 416 g/mol. The van der Waals surface area contributed by atoms with Gasteiger partial charge in [-0.25, -0.2) is 4.98 Å². The molecule has 1 aliphatic heterocycles. The number of hydrogen-bond acceptors (Lipinski definition) is 5. The predicted octanol–water partition coefficient (Wildman–Crippen LogP) is 5.22. The van der Waals surface area contributed by atoms with Crippen LogP contribution >= 0.6 is 11.3 Å². The van der Waals surface area contributed by atoms with Crippen LogP contribution in [0.5, 0.6) is 11.5 Å². The summed E-state index contributed by atoms with van der Waals surface area (Å²) in [5.74, 6) is 0.407. The molecule has 0 aliphatic carbocycles. The second-order valence-corrected chi connectivity index (χ2v) is 7.75. The molecule has 5 nitrogen and oxygen atoms in total. The molecule has 1 atom stereocenters. The molecule has 0 fully saturated rings. The van der Waals surface area contributed by atoms with Gasteiger partial charge in [-0.15, -0.1) is 11.3 Å². The van der Waals surface area contributed by atoms with Crippen molar-refractivity contribution < 1.29 is 23.0 Å². The van der Waals surface area contributed by atoms with Gasteiger partial charge >= 0.3 is 6.61 Å². The number of aromatic nitrogens is 1. The van der Waals surface area contributed by atoms with Crippen LogP contribution in [0, 0.1) is 6.92 Å². The predicted molar refractivity (Wildman–Crippen MR) is 107 cm³/mol. The number of halogens is 2. The summed E-state index contributed by atoms with van der Waals surface area (Å²) in [6.07, 6.45) is 0.603. The zero-order chi connectivity index (χ0) is 20.4. The highest BCUT2D eigenvalue weighted by molar-refractivity contribution is 7.16. The Labute approximate surface area is 170 Å². The summed E-state index contributed by atoms with van der Waals surface area (Å²) in [5.41, 5.74) is 2.33. The summed E-state index contributed by atoms with van der Waals surface area (Å²) in [7, 11) is 0. The molecule has 29 heavy (non-hydrogen) atoms. The van der Waals surface area contributed by atoms with E-state index in [1.54, 1.807) is 12.1 Å². The molecule has 1 aromatic heterocycles. The number of rotatable bonds is 5. The normalized spacial score (nSPS) is 15.5. The first-order valence-corrected chi connectivity index (χ1v) is 9.88. The number of amides is 1. The first-order valence-electron chi connectivity index (χ1n) is 9.06. The number of ether oxygens (including phenoxy) is 2. The van der Waals surface area contributed by atoms with Crippen LogP contribution in [0.1, 0.15) is 22.8 Å². The van der Waals surface area contributed by atoms with Crippen LogP contribution in [0.2, 0.25) is 0 Å². The highest BCUT2D eigenvalue weighted by Crippen LogP contribution is 2.36. The molecule has 1 aliphatic rings. The Bertz CT molecular complexity index is 1020. The number of aryl methyl sites for hydroxylation is 1. The van der Waals surface area contributed by atoms with E-state index in [0.29, 0.717) is 23.9 Å². The van der Waals surface area contributed by atoms with Crippen molar-refractivity contribution in [3.8, 4) is 22.8 Å². The molecule has 8 heteroatoms. The zero-order valence-corrected chi connectivity index (χ0v) is 16.3. The number of alkyl halides is 2. The molecule has 1 amide bonds. The lowest BCUT2D eigenvalue weighted by molar-refractivity contribution is -0.118. The van der Waals surface area contributed by atoms with E-state index in [9.17, 15) is 13.6 Å². The van der Waals surface area contributed by atoms with Crippen LogP contribution in [-0.4, -0.2) is 24.1 Å². The molecule has 1 unspecified atom stereocenters. The summed E-state index contributed by atoms with van der Waals surface area (Å²) in [6, 6.07) is 13.8. The van der Waals surface area contributed by atoms with Gasteiger partial charge in [-0.1, -0.05) is 18.2 Å². The molecule has 150 valence electrons. The first-order chi connectivity index (χ1) is 14.0. The van der Waals surface area contributed by atoms with Gasteiger partial charge in [0.1, 0.15) is 11.5 Å². The Morgan fingerprint density at radius 2 is 2.00 bits per heavy atom. The fourth-order valence-corrected chi connectivity index (χ4v) is 4.16. The first kappa shape index (κ1) is 19.3. The number of para-hydroxylation sites is 1. The number of hydrogen-bond donors (Lipinski definition) is 1. The molecule has 2 heterocycles. The Balaban J connectivity index is 1.51. The van der Waals surface area contributed by atoms with E-state index in [-0.39, 0.29) is 17.6 Å². The largest absolute Gasteiger partial charge is 0.493 e. The van der Waals surface area contributed by atoms with Gasteiger partial charge in [0.15, 0.2) is 5.13 Å². The quantitative estimate of drug-likeness (QED) is 0.619. The molecule has 0 saturated heterocycles. The number of thiazole rings is 1. The summed E-state index contributed by atoms with van der Waals surface area (Å²) in [5, 5.41) is 3.41. The third-order valence-electron chi connectivity index (χ3n) is 4.65. The standard InChI is InChI=1S/C21H18F2N2O3S/c1-12-18(13-6-8-14(9-7-13)28-20(22)23)24-21(29-12)25-19(26)16-10-11-27-17-5-3-2-4-15(16)17/h2-9,16,20H,10-11H2,1H3,(H,24,25,26). The summed E-state index contributed by atoms with van der Waals surface area (Å²) in [4.78, 5) is 18.3. The van der Waals surface area contributed by atoms with Gasteiger partial charge in [-0.05, 0) is 43.7 Å². The summed E-state index contributed by atoms with van der Waals surface area (Å²) in [6.45, 7) is -0.473. The van der Waals surface area contributed by atoms with E-state index in [1.807, 2.05) is 31.2 Å². The van der Waals surface area contributed by atoms with Crippen molar-refractivity contribution >= 4 is 22.4 Å². The number of nitrogens with one attached hydrogen (secondary N) is 1. The Morgan fingerprint density at radius 1 is 1.24 bits per heavy atom. The number of benzene rings is 2. The SMILES string of the molecule is Cc1sc(NC(=O)C2CCOc3ccccc32)nc1-c1ccc(OC(F)F)cc1. The van der Waals surface area contributed by atoms with E-state index in [2.05, 4.69) is 15.0 Å². The maximum atomic E-state index is 12.8. The topological polar surface area (TPSA) is 60.5 Å². The van der Waals surface area contributed by atoms with E-state index in [4.69, 9.17) is 4.74 Å². The minimum atomic E-state index is -2.86. The summed E-state index contributed by atoms with van der Waals surface area (Å²) >= 11 is 1.37. The number of carbonyl (C=O) groups excluding carboxylic acids is 1. The Hall–Kier alpha value is -3.00. The third kappa shape index (κ3) is 4.22. The van der Waals surface area contributed by atoms with Gasteiger partial charge < -0.3 is 14.8 Å². The molecule has 4 rings (SSSR count). The van der Waals surface area contributed by atoms with E-state index in [1.165, 1.54) is 23.5 Å². The number of nitrogens with zero attached hydrogens (tertiary/aromatic N) is 1. The van der Waals surface area contributed by atoms with Crippen LogP contribution in [0.3, 0.4) is 0 Å². The van der Waals surface area contributed by atoms with Gasteiger partial charge in [-0.2, -0.15) is 8.78 Å². The van der Waals surface area contributed by atoms with Crippen LogP contribution in [0.25, 0.3) is 11.3 Å². The van der Waals surface area contributed by atoms with Crippen molar-refractivity contribution in [2.45, 2.75) is 25.9 Å². The second kappa shape index (κ2) is 8.16. The maximum Gasteiger partial charge on any atom is 0.387 e. The van der Waals surface area contributed by atoms with Gasteiger partial charge in [0, 0.05) is 16.0 Å². The molecule has 1 N–H and O–H groups in total. The average molecular weight is 416 g/mol. The van der Waals surface area contributed by atoms with E-state index < -0.39 is 6.61 Å². The number of fused-ring (bicyclic) bond motifs is 1. The van der Waals surface area contributed by atoms with Crippen molar-refractivity contribution in [3.05, 3.63) is 59.0 Å². The molecule has 3 aromatic rings.